The Hall–Kier alpha value is -1.50. The highest BCUT2D eigenvalue weighted by atomic mass is 19.4. The van der Waals surface area contributed by atoms with Crippen molar-refractivity contribution in [3.63, 3.8) is 0 Å². The molecular weight excluding hydrogens is 251 g/mol. The molecule has 4 nitrogen and oxygen atoms in total. The summed E-state index contributed by atoms with van der Waals surface area (Å²) in [6.07, 6.45) is -0.802. The molecular formula is C11H12F3NO3. The van der Waals surface area contributed by atoms with Crippen molar-refractivity contribution in [3.8, 4) is 0 Å². The van der Waals surface area contributed by atoms with E-state index in [4.69, 9.17) is 9.84 Å². The molecule has 0 amide bonds. The van der Waals surface area contributed by atoms with Crippen molar-refractivity contribution in [2.24, 2.45) is 5.92 Å². The van der Waals surface area contributed by atoms with E-state index in [-0.39, 0.29) is 6.73 Å². The Morgan fingerprint density at radius 1 is 1.44 bits per heavy atom. The monoisotopic (exact) mass is 263 g/mol. The maximum absolute atomic E-state index is 12.6. The summed E-state index contributed by atoms with van der Waals surface area (Å²) in [4.78, 5) is 10.7. The molecule has 0 unspecified atom stereocenters. The zero-order valence-corrected chi connectivity index (χ0v) is 9.41. The maximum atomic E-state index is 12.6. The van der Waals surface area contributed by atoms with Gasteiger partial charge in [0.25, 0.3) is 0 Å². The van der Waals surface area contributed by atoms with Crippen LogP contribution >= 0.6 is 0 Å². The van der Waals surface area contributed by atoms with Crippen LogP contribution < -0.4 is 0 Å². The van der Waals surface area contributed by atoms with Crippen LogP contribution in [-0.2, 0) is 17.6 Å². The van der Waals surface area contributed by atoms with Crippen LogP contribution in [0.3, 0.4) is 0 Å². The fourth-order valence-corrected chi connectivity index (χ4v) is 1.59. The van der Waals surface area contributed by atoms with E-state index >= 15 is 0 Å². The molecule has 1 N–H and O–H groups in total. The summed E-state index contributed by atoms with van der Waals surface area (Å²) in [6, 6.07) is 0. The third-order valence-electron chi connectivity index (χ3n) is 2.71. The molecule has 0 spiro atoms. The smallest absolute Gasteiger partial charge is 0.418 e. The molecule has 0 radical (unpaired) electrons. The molecule has 1 aliphatic rings. The van der Waals surface area contributed by atoms with Gasteiger partial charge < -0.3 is 14.4 Å². The predicted molar refractivity (Wildman–Crippen MR) is 55.1 cm³/mol. The Bertz CT molecular complexity index is 449. The number of carboxylic acid groups (broad SMARTS) is 1. The number of aromatic carboxylic acids is 1. The van der Waals surface area contributed by atoms with Gasteiger partial charge in [-0.25, -0.2) is 4.79 Å². The first-order chi connectivity index (χ1) is 8.38. The van der Waals surface area contributed by atoms with Crippen molar-refractivity contribution < 1.29 is 27.8 Å². The van der Waals surface area contributed by atoms with E-state index < -0.39 is 23.3 Å². The highest BCUT2D eigenvalue weighted by Gasteiger charge is 2.37. The predicted octanol–water partition coefficient (Wildman–Crippen LogP) is 2.59. The minimum atomic E-state index is -4.67. The highest BCUT2D eigenvalue weighted by molar-refractivity contribution is 5.89. The van der Waals surface area contributed by atoms with Crippen molar-refractivity contribution in [1.82, 2.24) is 4.57 Å². The minimum Gasteiger partial charge on any atom is -0.478 e. The Morgan fingerprint density at radius 3 is 2.56 bits per heavy atom. The van der Waals surface area contributed by atoms with Gasteiger partial charge in [0.05, 0.1) is 17.7 Å². The summed E-state index contributed by atoms with van der Waals surface area (Å²) in [5.41, 5.74) is -1.90. The quantitative estimate of drug-likeness (QED) is 0.888. The zero-order chi connectivity index (χ0) is 13.3. The number of aromatic nitrogens is 1. The molecule has 1 saturated carbocycles. The van der Waals surface area contributed by atoms with E-state index in [0.29, 0.717) is 12.5 Å². The van der Waals surface area contributed by atoms with Crippen molar-refractivity contribution in [2.75, 3.05) is 6.61 Å². The Kier molecular flexibility index (Phi) is 3.34. The molecule has 1 aliphatic carbocycles. The standard InChI is InChI=1S/C11H12F3NO3/c12-11(13,14)9-4-15(3-8(9)10(16)17)6-18-5-7-1-2-7/h3-4,7H,1-2,5-6H2,(H,16,17). The lowest BCUT2D eigenvalue weighted by atomic mass is 10.2. The van der Waals surface area contributed by atoms with Crippen LogP contribution in [0.2, 0.25) is 0 Å². The minimum absolute atomic E-state index is 0.0626. The van der Waals surface area contributed by atoms with E-state index in [1.165, 1.54) is 0 Å². The number of rotatable bonds is 5. The molecule has 100 valence electrons. The van der Waals surface area contributed by atoms with Gasteiger partial charge in [0.2, 0.25) is 0 Å². The summed E-state index contributed by atoms with van der Waals surface area (Å²) in [5.74, 6) is -1.09. The normalized spacial score (nSPS) is 15.9. The molecule has 0 saturated heterocycles. The lowest BCUT2D eigenvalue weighted by molar-refractivity contribution is -0.138. The number of carboxylic acids is 1. The van der Waals surface area contributed by atoms with Crippen molar-refractivity contribution in [2.45, 2.75) is 25.7 Å². The second kappa shape index (κ2) is 4.64. The van der Waals surface area contributed by atoms with Gasteiger partial charge in [0, 0.05) is 12.4 Å². The summed E-state index contributed by atoms with van der Waals surface area (Å²) in [7, 11) is 0. The number of ether oxygens (including phenoxy) is 1. The lowest BCUT2D eigenvalue weighted by Gasteiger charge is -2.05. The van der Waals surface area contributed by atoms with Crippen LogP contribution in [0.15, 0.2) is 12.4 Å². The number of alkyl halides is 3. The van der Waals surface area contributed by atoms with Gasteiger partial charge in [-0.2, -0.15) is 13.2 Å². The van der Waals surface area contributed by atoms with Gasteiger partial charge in [-0.1, -0.05) is 0 Å². The number of hydrogen-bond acceptors (Lipinski definition) is 2. The fourth-order valence-electron chi connectivity index (χ4n) is 1.59. The van der Waals surface area contributed by atoms with Crippen molar-refractivity contribution >= 4 is 5.97 Å². The van der Waals surface area contributed by atoms with Gasteiger partial charge >= 0.3 is 12.1 Å². The zero-order valence-electron chi connectivity index (χ0n) is 9.41. The third-order valence-corrected chi connectivity index (χ3v) is 2.71. The van der Waals surface area contributed by atoms with E-state index in [1.807, 2.05) is 0 Å². The molecule has 1 heterocycles. The lowest BCUT2D eigenvalue weighted by Crippen LogP contribution is -2.09. The Labute approximate surface area is 101 Å². The van der Waals surface area contributed by atoms with Crippen molar-refractivity contribution in [3.05, 3.63) is 23.5 Å². The number of hydrogen-bond donors (Lipinski definition) is 1. The first kappa shape index (κ1) is 12.9. The van der Waals surface area contributed by atoms with Gasteiger partial charge in [-0.3, -0.25) is 0 Å². The largest absolute Gasteiger partial charge is 0.478 e. The van der Waals surface area contributed by atoms with E-state index in [9.17, 15) is 18.0 Å². The first-order valence-electron chi connectivity index (χ1n) is 5.46. The fraction of sp³-hybridized carbons (Fsp3) is 0.545. The molecule has 0 aromatic carbocycles. The number of halogens is 3. The third kappa shape index (κ3) is 3.04. The second-order valence-electron chi connectivity index (χ2n) is 4.35. The van der Waals surface area contributed by atoms with E-state index in [2.05, 4.69) is 0 Å². The summed E-state index contributed by atoms with van der Waals surface area (Å²) in [5, 5.41) is 8.71. The average Bonchev–Trinajstić information content (AvgIpc) is 2.93. The number of carbonyl (C=O) groups is 1. The summed E-state index contributed by atoms with van der Waals surface area (Å²) >= 11 is 0. The molecule has 7 heteroatoms. The molecule has 0 atom stereocenters. The van der Waals surface area contributed by atoms with Crippen molar-refractivity contribution in [1.29, 1.82) is 0 Å². The first-order valence-corrected chi connectivity index (χ1v) is 5.46. The van der Waals surface area contributed by atoms with Gasteiger partial charge in [-0.05, 0) is 18.8 Å². The van der Waals surface area contributed by atoms with Crippen LogP contribution in [0.1, 0.15) is 28.8 Å². The SMILES string of the molecule is O=C(O)c1cn(COCC2CC2)cc1C(F)(F)F. The van der Waals surface area contributed by atoms with Crippen LogP contribution in [0.25, 0.3) is 0 Å². The second-order valence-corrected chi connectivity index (χ2v) is 4.35. The maximum Gasteiger partial charge on any atom is 0.418 e. The Morgan fingerprint density at radius 2 is 2.11 bits per heavy atom. The molecule has 1 aromatic heterocycles. The summed E-state index contributed by atoms with van der Waals surface area (Å²) in [6.45, 7) is 0.439. The average molecular weight is 263 g/mol. The molecule has 0 bridgehead atoms. The Balaban J connectivity index is 2.08. The molecule has 18 heavy (non-hydrogen) atoms. The molecule has 0 aliphatic heterocycles. The van der Waals surface area contributed by atoms with Crippen LogP contribution in [0, 0.1) is 5.92 Å². The number of nitrogens with zero attached hydrogens (tertiary/aromatic N) is 1. The van der Waals surface area contributed by atoms with E-state index in [1.54, 1.807) is 0 Å². The molecule has 1 aromatic rings. The summed E-state index contributed by atoms with van der Waals surface area (Å²) < 4.78 is 44.0. The highest BCUT2D eigenvalue weighted by Crippen LogP contribution is 2.33. The van der Waals surface area contributed by atoms with Gasteiger partial charge in [0.15, 0.2) is 0 Å². The van der Waals surface area contributed by atoms with Gasteiger partial charge in [0.1, 0.15) is 6.73 Å². The van der Waals surface area contributed by atoms with Crippen LogP contribution in [-0.4, -0.2) is 22.2 Å². The van der Waals surface area contributed by atoms with Crippen LogP contribution in [0.4, 0.5) is 13.2 Å². The molecule has 2 rings (SSSR count). The van der Waals surface area contributed by atoms with E-state index in [0.717, 1.165) is 29.8 Å². The topological polar surface area (TPSA) is 51.5 Å². The molecule has 1 fully saturated rings. The van der Waals surface area contributed by atoms with Gasteiger partial charge in [-0.15, -0.1) is 0 Å². The van der Waals surface area contributed by atoms with Crippen LogP contribution in [0.5, 0.6) is 0 Å².